The number of nitrogens with zero attached hydrogens (tertiary/aromatic N) is 3. The molecule has 2 heterocycles. The summed E-state index contributed by atoms with van der Waals surface area (Å²) < 4.78 is 16.2. The van der Waals surface area contributed by atoms with Gasteiger partial charge in [-0.05, 0) is 30.2 Å². The first-order chi connectivity index (χ1) is 14.1. The van der Waals surface area contributed by atoms with Gasteiger partial charge in [-0.1, -0.05) is 42.5 Å². The van der Waals surface area contributed by atoms with E-state index in [1.54, 1.807) is 16.7 Å². The summed E-state index contributed by atoms with van der Waals surface area (Å²) in [6.07, 6.45) is 0.654. The third-order valence-corrected chi connectivity index (χ3v) is 5.51. The second-order valence-electron chi connectivity index (χ2n) is 7.42. The summed E-state index contributed by atoms with van der Waals surface area (Å²) in [4.78, 5) is 28.4. The van der Waals surface area contributed by atoms with Gasteiger partial charge in [0.2, 0.25) is 0 Å². The van der Waals surface area contributed by atoms with Crippen LogP contribution in [0.3, 0.4) is 0 Å². The molecule has 6 heteroatoms. The fourth-order valence-corrected chi connectivity index (χ4v) is 4.02. The Labute approximate surface area is 168 Å². The molecule has 5 nitrogen and oxygen atoms in total. The Morgan fingerprint density at radius 1 is 0.897 bits per heavy atom. The second kappa shape index (κ2) is 8.17. The molecule has 0 atom stereocenters. The minimum absolute atomic E-state index is 0.206. The van der Waals surface area contributed by atoms with Gasteiger partial charge in [0, 0.05) is 38.3 Å². The van der Waals surface area contributed by atoms with Gasteiger partial charge in [-0.3, -0.25) is 18.8 Å². The molecule has 1 aliphatic rings. The van der Waals surface area contributed by atoms with E-state index in [1.807, 2.05) is 37.3 Å². The molecule has 0 amide bonds. The standard InChI is InChI=1S/C23H24FN3O2/c1-2-26-21-12-13-25(14-18-8-10-19(24)11-9-18)16-20(21)22(28)27(23(26)29)15-17-6-4-3-5-7-17/h3-11H,2,12-16H2,1H3. The molecule has 0 saturated carbocycles. The lowest BCUT2D eigenvalue weighted by Gasteiger charge is -2.30. The Bertz CT molecular complexity index is 1120. The van der Waals surface area contributed by atoms with E-state index in [0.29, 0.717) is 31.6 Å². The molecule has 0 spiro atoms. The van der Waals surface area contributed by atoms with Crippen LogP contribution in [-0.4, -0.2) is 20.6 Å². The van der Waals surface area contributed by atoms with E-state index in [1.165, 1.54) is 16.7 Å². The molecule has 1 aromatic heterocycles. The maximum absolute atomic E-state index is 13.2. The minimum Gasteiger partial charge on any atom is -0.297 e. The zero-order valence-electron chi connectivity index (χ0n) is 16.5. The van der Waals surface area contributed by atoms with E-state index in [0.717, 1.165) is 23.4 Å². The summed E-state index contributed by atoms with van der Waals surface area (Å²) in [5.74, 6) is -0.256. The van der Waals surface area contributed by atoms with Crippen molar-refractivity contribution in [3.8, 4) is 0 Å². The van der Waals surface area contributed by atoms with E-state index >= 15 is 0 Å². The summed E-state index contributed by atoms with van der Waals surface area (Å²) in [6.45, 7) is 4.62. The SMILES string of the molecule is CCn1c2c(c(=O)n(Cc3ccccc3)c1=O)CN(Cc1ccc(F)cc1)CC2. The molecular weight excluding hydrogens is 369 g/mol. The third kappa shape index (κ3) is 3.93. The van der Waals surface area contributed by atoms with Crippen molar-refractivity contribution in [3.05, 3.63) is 104 Å². The predicted molar refractivity (Wildman–Crippen MR) is 110 cm³/mol. The van der Waals surface area contributed by atoms with Gasteiger partial charge < -0.3 is 0 Å². The molecule has 0 fully saturated rings. The zero-order valence-corrected chi connectivity index (χ0v) is 16.5. The Kier molecular flexibility index (Phi) is 5.45. The number of aromatic nitrogens is 2. The van der Waals surface area contributed by atoms with Gasteiger partial charge in [-0.15, -0.1) is 0 Å². The molecule has 150 valence electrons. The summed E-state index contributed by atoms with van der Waals surface area (Å²) >= 11 is 0. The maximum Gasteiger partial charge on any atom is 0.331 e. The molecule has 0 aliphatic carbocycles. The van der Waals surface area contributed by atoms with Crippen LogP contribution < -0.4 is 11.2 Å². The van der Waals surface area contributed by atoms with Gasteiger partial charge in [0.1, 0.15) is 5.82 Å². The van der Waals surface area contributed by atoms with Gasteiger partial charge in [-0.2, -0.15) is 0 Å². The first-order valence-corrected chi connectivity index (χ1v) is 9.93. The molecule has 1 aliphatic heterocycles. The van der Waals surface area contributed by atoms with Crippen molar-refractivity contribution in [2.75, 3.05) is 6.54 Å². The van der Waals surface area contributed by atoms with Crippen LogP contribution in [0, 0.1) is 5.82 Å². The predicted octanol–water partition coefficient (Wildman–Crippen LogP) is 2.78. The monoisotopic (exact) mass is 393 g/mol. The Morgan fingerprint density at radius 3 is 2.28 bits per heavy atom. The number of benzene rings is 2. The summed E-state index contributed by atoms with van der Waals surface area (Å²) in [5.41, 5.74) is 3.02. The van der Waals surface area contributed by atoms with E-state index in [4.69, 9.17) is 0 Å². The molecule has 0 N–H and O–H groups in total. The molecule has 0 saturated heterocycles. The average molecular weight is 393 g/mol. The van der Waals surface area contributed by atoms with Crippen molar-refractivity contribution in [2.24, 2.45) is 0 Å². The van der Waals surface area contributed by atoms with Gasteiger partial charge in [0.05, 0.1) is 12.1 Å². The van der Waals surface area contributed by atoms with Crippen molar-refractivity contribution in [2.45, 2.75) is 39.5 Å². The van der Waals surface area contributed by atoms with Crippen LogP contribution in [0.5, 0.6) is 0 Å². The van der Waals surface area contributed by atoms with Crippen molar-refractivity contribution in [1.82, 2.24) is 14.0 Å². The lowest BCUT2D eigenvalue weighted by molar-refractivity contribution is 0.236. The fourth-order valence-electron chi connectivity index (χ4n) is 4.02. The van der Waals surface area contributed by atoms with Crippen LogP contribution in [-0.2, 0) is 32.6 Å². The number of halogens is 1. The summed E-state index contributed by atoms with van der Waals surface area (Å²) in [6, 6.07) is 16.0. The van der Waals surface area contributed by atoms with Gasteiger partial charge in [0.25, 0.3) is 5.56 Å². The fraction of sp³-hybridized carbons (Fsp3) is 0.304. The summed E-state index contributed by atoms with van der Waals surface area (Å²) in [7, 11) is 0. The molecule has 29 heavy (non-hydrogen) atoms. The van der Waals surface area contributed by atoms with Crippen molar-refractivity contribution in [1.29, 1.82) is 0 Å². The number of hydrogen-bond donors (Lipinski definition) is 0. The average Bonchev–Trinajstić information content (AvgIpc) is 2.74. The first kappa shape index (κ1) is 19.3. The third-order valence-electron chi connectivity index (χ3n) is 5.51. The molecule has 3 aromatic rings. The number of hydrogen-bond acceptors (Lipinski definition) is 3. The van der Waals surface area contributed by atoms with E-state index < -0.39 is 0 Å². The lowest BCUT2D eigenvalue weighted by Crippen LogP contribution is -2.47. The molecule has 0 unspecified atom stereocenters. The highest BCUT2D eigenvalue weighted by molar-refractivity contribution is 5.24. The van der Waals surface area contributed by atoms with Gasteiger partial charge in [-0.25, -0.2) is 9.18 Å². The molecule has 0 radical (unpaired) electrons. The highest BCUT2D eigenvalue weighted by atomic mass is 19.1. The highest BCUT2D eigenvalue weighted by Crippen LogP contribution is 2.18. The van der Waals surface area contributed by atoms with E-state index in [-0.39, 0.29) is 23.6 Å². The number of fused-ring (bicyclic) bond motifs is 1. The summed E-state index contributed by atoms with van der Waals surface area (Å²) in [5, 5.41) is 0. The molecule has 2 aromatic carbocycles. The molecule has 0 bridgehead atoms. The van der Waals surface area contributed by atoms with Crippen LogP contribution in [0.15, 0.2) is 64.2 Å². The van der Waals surface area contributed by atoms with Crippen LogP contribution in [0.4, 0.5) is 4.39 Å². The Balaban J connectivity index is 1.68. The largest absolute Gasteiger partial charge is 0.331 e. The first-order valence-electron chi connectivity index (χ1n) is 9.93. The van der Waals surface area contributed by atoms with Gasteiger partial charge in [0.15, 0.2) is 0 Å². The van der Waals surface area contributed by atoms with Crippen LogP contribution in [0.1, 0.15) is 29.3 Å². The Morgan fingerprint density at radius 2 is 1.59 bits per heavy atom. The molecule has 4 rings (SSSR count). The van der Waals surface area contributed by atoms with E-state index in [9.17, 15) is 14.0 Å². The molecular formula is C23H24FN3O2. The zero-order chi connectivity index (χ0) is 20.4. The highest BCUT2D eigenvalue weighted by Gasteiger charge is 2.25. The van der Waals surface area contributed by atoms with Crippen LogP contribution in [0.2, 0.25) is 0 Å². The quantitative estimate of drug-likeness (QED) is 0.670. The van der Waals surface area contributed by atoms with Gasteiger partial charge >= 0.3 is 5.69 Å². The smallest absolute Gasteiger partial charge is 0.297 e. The minimum atomic E-state index is -0.256. The van der Waals surface area contributed by atoms with Crippen LogP contribution in [0.25, 0.3) is 0 Å². The van der Waals surface area contributed by atoms with Crippen molar-refractivity contribution < 1.29 is 4.39 Å². The second-order valence-corrected chi connectivity index (χ2v) is 7.42. The van der Waals surface area contributed by atoms with Crippen molar-refractivity contribution >= 4 is 0 Å². The lowest BCUT2D eigenvalue weighted by atomic mass is 10.0. The normalized spacial score (nSPS) is 14.0. The van der Waals surface area contributed by atoms with Crippen LogP contribution >= 0.6 is 0 Å². The Hall–Kier alpha value is -2.99. The van der Waals surface area contributed by atoms with Crippen molar-refractivity contribution in [3.63, 3.8) is 0 Å². The van der Waals surface area contributed by atoms with E-state index in [2.05, 4.69) is 4.90 Å². The number of rotatable bonds is 5. The topological polar surface area (TPSA) is 47.2 Å². The maximum atomic E-state index is 13.2.